The number of likely N-dealkylation sites (tertiary alicyclic amines) is 1. The first-order valence-corrected chi connectivity index (χ1v) is 12.8. The van der Waals surface area contributed by atoms with Crippen molar-refractivity contribution < 1.29 is 4.79 Å². The fourth-order valence-electron chi connectivity index (χ4n) is 5.25. The average molecular weight is 486 g/mol. The van der Waals surface area contributed by atoms with Gasteiger partial charge in [0.15, 0.2) is 5.65 Å². The van der Waals surface area contributed by atoms with Crippen molar-refractivity contribution in [3.8, 4) is 22.5 Å². The summed E-state index contributed by atoms with van der Waals surface area (Å²) in [6.07, 6.45) is 4.52. The highest BCUT2D eigenvalue weighted by atomic mass is 16.2. The third-order valence-corrected chi connectivity index (χ3v) is 7.65. The van der Waals surface area contributed by atoms with Crippen LogP contribution in [0.2, 0.25) is 0 Å². The molecule has 0 saturated carbocycles. The summed E-state index contributed by atoms with van der Waals surface area (Å²) in [5, 5.41) is 12.4. The number of likely N-dealkylation sites (N-methyl/N-ethyl adjacent to an activating group) is 2. The Balaban J connectivity index is 1.42. The molecule has 1 aliphatic rings. The number of hydrogen-bond acceptors (Lipinski definition) is 5. The number of amides is 1. The van der Waals surface area contributed by atoms with E-state index in [1.807, 2.05) is 29.6 Å². The topological polar surface area (TPSA) is 82.4 Å². The molecule has 1 aliphatic heterocycles. The van der Waals surface area contributed by atoms with Gasteiger partial charge in [0.05, 0.1) is 23.5 Å². The second-order valence-corrected chi connectivity index (χ2v) is 10.1. The van der Waals surface area contributed by atoms with Crippen LogP contribution in [0.3, 0.4) is 0 Å². The standard InChI is InChI=1S/C28H35N7O/c1-7-34-13-12-23(34)28(36)33(6)19(5)20-8-10-21(11-9-20)25-24(17(2)3)26(32-31-25)22-14-18(4)27-29-16-30-35(27)15-22/h8-11,14-17,19,23H,7,12-13H2,1-6H3,(H,31,32)/t19?,23-/m0/s1. The van der Waals surface area contributed by atoms with E-state index in [0.717, 1.165) is 58.8 Å². The first-order valence-electron chi connectivity index (χ1n) is 12.8. The number of H-pyrrole nitrogens is 1. The number of aromatic amines is 1. The number of rotatable bonds is 7. The number of pyridine rings is 1. The number of carbonyl (C=O) groups is 1. The minimum Gasteiger partial charge on any atom is -0.338 e. The van der Waals surface area contributed by atoms with Gasteiger partial charge in [-0.3, -0.25) is 14.8 Å². The Kier molecular flexibility index (Phi) is 6.38. The molecule has 1 unspecified atom stereocenters. The van der Waals surface area contributed by atoms with Gasteiger partial charge < -0.3 is 4.90 Å². The molecule has 1 amide bonds. The Morgan fingerprint density at radius 2 is 1.94 bits per heavy atom. The lowest BCUT2D eigenvalue weighted by Crippen LogP contribution is -2.56. The molecule has 1 aromatic carbocycles. The lowest BCUT2D eigenvalue weighted by molar-refractivity contribution is -0.142. The Morgan fingerprint density at radius 1 is 1.19 bits per heavy atom. The Hall–Kier alpha value is -3.52. The molecular weight excluding hydrogens is 450 g/mol. The maximum atomic E-state index is 13.0. The molecule has 0 spiro atoms. The van der Waals surface area contributed by atoms with Crippen molar-refractivity contribution in [3.63, 3.8) is 0 Å². The van der Waals surface area contributed by atoms with Crippen LogP contribution in [0.15, 0.2) is 42.9 Å². The van der Waals surface area contributed by atoms with E-state index in [2.05, 4.69) is 78.1 Å². The minimum atomic E-state index is 0.00236. The van der Waals surface area contributed by atoms with Gasteiger partial charge in [-0.1, -0.05) is 45.0 Å². The second-order valence-electron chi connectivity index (χ2n) is 10.1. The summed E-state index contributed by atoms with van der Waals surface area (Å²) in [6, 6.07) is 10.6. The number of carbonyl (C=O) groups excluding carboxylic acids is 1. The van der Waals surface area contributed by atoms with E-state index in [4.69, 9.17) is 5.10 Å². The Labute approximate surface area is 212 Å². The third-order valence-electron chi connectivity index (χ3n) is 7.65. The van der Waals surface area contributed by atoms with E-state index < -0.39 is 0 Å². The molecule has 4 aromatic rings. The van der Waals surface area contributed by atoms with Crippen LogP contribution >= 0.6 is 0 Å². The first kappa shape index (κ1) is 24.2. The van der Waals surface area contributed by atoms with E-state index in [1.54, 1.807) is 6.33 Å². The molecule has 1 fully saturated rings. The van der Waals surface area contributed by atoms with Crippen molar-refractivity contribution in [1.82, 2.24) is 34.6 Å². The van der Waals surface area contributed by atoms with Gasteiger partial charge in [-0.25, -0.2) is 9.50 Å². The van der Waals surface area contributed by atoms with Crippen molar-refractivity contribution in [2.24, 2.45) is 0 Å². The molecule has 3 aromatic heterocycles. The van der Waals surface area contributed by atoms with Gasteiger partial charge in [0.2, 0.25) is 5.91 Å². The lowest BCUT2D eigenvalue weighted by atomic mass is 9.93. The summed E-state index contributed by atoms with van der Waals surface area (Å²) >= 11 is 0. The first-order chi connectivity index (χ1) is 17.3. The minimum absolute atomic E-state index is 0.00236. The highest BCUT2D eigenvalue weighted by Crippen LogP contribution is 2.36. The molecule has 4 heterocycles. The summed E-state index contributed by atoms with van der Waals surface area (Å²) < 4.78 is 1.81. The molecule has 8 nitrogen and oxygen atoms in total. The van der Waals surface area contributed by atoms with Gasteiger partial charge in [-0.15, -0.1) is 0 Å². The summed E-state index contributed by atoms with van der Waals surface area (Å²) in [4.78, 5) is 21.5. The van der Waals surface area contributed by atoms with E-state index in [0.29, 0.717) is 0 Å². The monoisotopic (exact) mass is 485 g/mol. The predicted octanol–water partition coefficient (Wildman–Crippen LogP) is 4.83. The summed E-state index contributed by atoms with van der Waals surface area (Å²) in [7, 11) is 1.91. The average Bonchev–Trinajstić information content (AvgIpc) is 3.50. The van der Waals surface area contributed by atoms with Crippen molar-refractivity contribution in [2.45, 2.75) is 59.0 Å². The normalized spacial score (nSPS) is 16.9. The van der Waals surface area contributed by atoms with Crippen molar-refractivity contribution in [2.75, 3.05) is 20.1 Å². The van der Waals surface area contributed by atoms with Crippen LogP contribution in [0, 0.1) is 6.92 Å². The number of aryl methyl sites for hydroxylation is 1. The van der Waals surface area contributed by atoms with Gasteiger partial charge in [0.1, 0.15) is 6.33 Å². The number of hydrogen-bond donors (Lipinski definition) is 1. The van der Waals surface area contributed by atoms with E-state index in [1.165, 1.54) is 5.56 Å². The van der Waals surface area contributed by atoms with Crippen molar-refractivity contribution >= 4 is 11.6 Å². The van der Waals surface area contributed by atoms with Gasteiger partial charge in [-0.05, 0) is 49.9 Å². The molecule has 188 valence electrons. The fourth-order valence-corrected chi connectivity index (χ4v) is 5.25. The number of benzene rings is 1. The lowest BCUT2D eigenvalue weighted by Gasteiger charge is -2.42. The highest BCUT2D eigenvalue weighted by Gasteiger charge is 2.36. The quantitative estimate of drug-likeness (QED) is 0.405. The number of nitrogens with zero attached hydrogens (tertiary/aromatic N) is 6. The van der Waals surface area contributed by atoms with Crippen LogP contribution in [0.1, 0.15) is 62.8 Å². The SMILES string of the molecule is CCN1CC[C@H]1C(=O)N(C)C(C)c1ccc(-c2n[nH]c(-c3cc(C)c4ncnn4c3)c2C(C)C)cc1. The number of nitrogens with one attached hydrogen (secondary N) is 1. The molecule has 0 aliphatic carbocycles. The second kappa shape index (κ2) is 9.50. The predicted molar refractivity (Wildman–Crippen MR) is 142 cm³/mol. The van der Waals surface area contributed by atoms with Crippen LogP contribution < -0.4 is 0 Å². The van der Waals surface area contributed by atoms with Crippen LogP contribution in [0.4, 0.5) is 0 Å². The smallest absolute Gasteiger partial charge is 0.240 e. The zero-order valence-corrected chi connectivity index (χ0v) is 22.0. The van der Waals surface area contributed by atoms with Crippen molar-refractivity contribution in [3.05, 3.63) is 59.5 Å². The molecule has 1 saturated heterocycles. The summed E-state index contributed by atoms with van der Waals surface area (Å²) in [5.74, 6) is 0.477. The maximum absolute atomic E-state index is 13.0. The van der Waals surface area contributed by atoms with Crippen LogP contribution in [0.25, 0.3) is 28.2 Å². The molecule has 36 heavy (non-hydrogen) atoms. The Morgan fingerprint density at radius 3 is 2.58 bits per heavy atom. The zero-order valence-electron chi connectivity index (χ0n) is 22.0. The summed E-state index contributed by atoms with van der Waals surface area (Å²) in [6.45, 7) is 12.6. The van der Waals surface area contributed by atoms with E-state index in [9.17, 15) is 4.79 Å². The number of aromatic nitrogens is 5. The van der Waals surface area contributed by atoms with Crippen molar-refractivity contribution in [1.29, 1.82) is 0 Å². The van der Waals surface area contributed by atoms with Crippen LogP contribution in [0.5, 0.6) is 0 Å². The largest absolute Gasteiger partial charge is 0.338 e. The van der Waals surface area contributed by atoms with Gasteiger partial charge >= 0.3 is 0 Å². The van der Waals surface area contributed by atoms with Gasteiger partial charge in [0.25, 0.3) is 0 Å². The molecule has 2 atom stereocenters. The molecule has 0 bridgehead atoms. The molecule has 1 N–H and O–H groups in total. The van der Waals surface area contributed by atoms with Crippen LogP contribution in [-0.2, 0) is 4.79 Å². The molecule has 0 radical (unpaired) electrons. The van der Waals surface area contributed by atoms with Gasteiger partial charge in [-0.2, -0.15) is 10.2 Å². The fraction of sp³-hybridized carbons (Fsp3) is 0.429. The van der Waals surface area contributed by atoms with E-state index in [-0.39, 0.29) is 23.9 Å². The third kappa shape index (κ3) is 4.09. The highest BCUT2D eigenvalue weighted by molar-refractivity contribution is 5.83. The van der Waals surface area contributed by atoms with E-state index >= 15 is 0 Å². The number of fused-ring (bicyclic) bond motifs is 1. The zero-order chi connectivity index (χ0) is 25.6. The van der Waals surface area contributed by atoms with Gasteiger partial charge in [0, 0.05) is 36.5 Å². The molecular formula is C28H35N7O. The Bertz CT molecular complexity index is 1380. The molecule has 8 heteroatoms. The summed E-state index contributed by atoms with van der Waals surface area (Å²) in [5.41, 5.74) is 8.26. The maximum Gasteiger partial charge on any atom is 0.240 e. The van der Waals surface area contributed by atoms with Crippen LogP contribution in [-0.4, -0.2) is 66.7 Å². The molecule has 5 rings (SSSR count).